The Balaban J connectivity index is 2.16. The van der Waals surface area contributed by atoms with Crippen molar-refractivity contribution in [2.24, 2.45) is 5.73 Å². The van der Waals surface area contributed by atoms with Gasteiger partial charge in [0, 0.05) is 32.1 Å². The zero-order chi connectivity index (χ0) is 10.4. The van der Waals surface area contributed by atoms with Crippen molar-refractivity contribution < 1.29 is 4.79 Å². The van der Waals surface area contributed by atoms with Gasteiger partial charge in [-0.25, -0.2) is 4.79 Å². The maximum absolute atomic E-state index is 10.8. The van der Waals surface area contributed by atoms with Gasteiger partial charge in [-0.1, -0.05) is 0 Å². The van der Waals surface area contributed by atoms with E-state index >= 15 is 0 Å². The number of nitrogens with two attached hydrogens (primary N) is 1. The second-order valence-electron chi connectivity index (χ2n) is 3.51. The highest BCUT2D eigenvalue weighted by Crippen LogP contribution is 2.09. The molecule has 1 aliphatic heterocycles. The highest BCUT2D eigenvalue weighted by Gasteiger charge is 2.20. The largest absolute Gasteiger partial charge is 0.351 e. The van der Waals surface area contributed by atoms with Crippen molar-refractivity contribution in [3.63, 3.8) is 0 Å². The first-order chi connectivity index (χ1) is 6.74. The SMILES string of the molecule is C#CCCNC1CCN(C(N)=O)CC1. The Morgan fingerprint density at radius 1 is 1.57 bits per heavy atom. The van der Waals surface area contributed by atoms with Gasteiger partial charge in [0.1, 0.15) is 0 Å². The van der Waals surface area contributed by atoms with Crippen LogP contribution in [0.5, 0.6) is 0 Å². The van der Waals surface area contributed by atoms with Crippen molar-refractivity contribution in [2.45, 2.75) is 25.3 Å². The first-order valence-corrected chi connectivity index (χ1v) is 4.95. The highest BCUT2D eigenvalue weighted by atomic mass is 16.2. The second kappa shape index (κ2) is 5.51. The van der Waals surface area contributed by atoms with E-state index in [1.807, 2.05) is 0 Å². The summed E-state index contributed by atoms with van der Waals surface area (Å²) < 4.78 is 0. The van der Waals surface area contributed by atoms with Crippen LogP contribution in [-0.2, 0) is 0 Å². The van der Waals surface area contributed by atoms with Crippen molar-refractivity contribution in [2.75, 3.05) is 19.6 Å². The number of urea groups is 1. The van der Waals surface area contributed by atoms with Crippen LogP contribution in [-0.4, -0.2) is 36.6 Å². The highest BCUT2D eigenvalue weighted by molar-refractivity contribution is 5.72. The third-order valence-corrected chi connectivity index (χ3v) is 2.51. The zero-order valence-electron chi connectivity index (χ0n) is 8.33. The van der Waals surface area contributed by atoms with Gasteiger partial charge in [0.05, 0.1) is 0 Å². The van der Waals surface area contributed by atoms with Crippen molar-refractivity contribution in [1.82, 2.24) is 10.2 Å². The third-order valence-electron chi connectivity index (χ3n) is 2.51. The van der Waals surface area contributed by atoms with Gasteiger partial charge in [-0.05, 0) is 12.8 Å². The van der Waals surface area contributed by atoms with Crippen LogP contribution in [0.4, 0.5) is 4.79 Å². The van der Waals surface area contributed by atoms with Gasteiger partial charge in [-0.2, -0.15) is 0 Å². The molecular weight excluding hydrogens is 178 g/mol. The van der Waals surface area contributed by atoms with E-state index in [-0.39, 0.29) is 6.03 Å². The molecule has 1 aliphatic rings. The van der Waals surface area contributed by atoms with E-state index in [0.29, 0.717) is 6.04 Å². The fourth-order valence-electron chi connectivity index (χ4n) is 1.65. The average Bonchev–Trinajstić information content (AvgIpc) is 2.19. The van der Waals surface area contributed by atoms with Crippen LogP contribution < -0.4 is 11.1 Å². The molecule has 0 aromatic rings. The smallest absolute Gasteiger partial charge is 0.314 e. The van der Waals surface area contributed by atoms with Crippen LogP contribution in [0.25, 0.3) is 0 Å². The Hall–Kier alpha value is -1.21. The number of likely N-dealkylation sites (tertiary alicyclic amines) is 1. The van der Waals surface area contributed by atoms with Crippen LogP contribution >= 0.6 is 0 Å². The Morgan fingerprint density at radius 2 is 2.21 bits per heavy atom. The van der Waals surface area contributed by atoms with Gasteiger partial charge in [-0.3, -0.25) is 0 Å². The molecule has 0 atom stereocenters. The first-order valence-electron chi connectivity index (χ1n) is 4.95. The summed E-state index contributed by atoms with van der Waals surface area (Å²) in [4.78, 5) is 12.5. The van der Waals surface area contributed by atoms with Crippen LogP contribution in [0, 0.1) is 12.3 Å². The Morgan fingerprint density at radius 3 is 2.71 bits per heavy atom. The zero-order valence-corrected chi connectivity index (χ0v) is 8.33. The van der Waals surface area contributed by atoms with E-state index in [4.69, 9.17) is 12.2 Å². The molecule has 0 saturated carbocycles. The molecule has 1 heterocycles. The average molecular weight is 195 g/mol. The summed E-state index contributed by atoms with van der Waals surface area (Å²) >= 11 is 0. The van der Waals surface area contributed by atoms with Gasteiger partial charge in [0.25, 0.3) is 0 Å². The topological polar surface area (TPSA) is 58.4 Å². The maximum atomic E-state index is 10.8. The predicted molar refractivity (Wildman–Crippen MR) is 55.6 cm³/mol. The lowest BCUT2D eigenvalue weighted by atomic mass is 10.1. The molecule has 0 radical (unpaired) electrons. The molecule has 0 aromatic carbocycles. The standard InChI is InChI=1S/C10H17N3O/c1-2-3-6-12-9-4-7-13(8-5-9)10(11)14/h1,9,12H,3-8H2,(H2,11,14). The number of terminal acetylenes is 1. The Labute approximate surface area is 84.8 Å². The van der Waals surface area contributed by atoms with E-state index in [9.17, 15) is 4.79 Å². The van der Waals surface area contributed by atoms with Crippen LogP contribution in [0.1, 0.15) is 19.3 Å². The van der Waals surface area contributed by atoms with Gasteiger partial charge < -0.3 is 16.0 Å². The molecule has 0 bridgehead atoms. The fourth-order valence-corrected chi connectivity index (χ4v) is 1.65. The fraction of sp³-hybridized carbons (Fsp3) is 0.700. The summed E-state index contributed by atoms with van der Waals surface area (Å²) in [5.74, 6) is 2.59. The normalized spacial score (nSPS) is 17.8. The molecule has 1 rings (SSSR count). The number of carbonyl (C=O) groups is 1. The molecule has 4 nitrogen and oxygen atoms in total. The lowest BCUT2D eigenvalue weighted by molar-refractivity contribution is 0.185. The number of rotatable bonds is 3. The van der Waals surface area contributed by atoms with Gasteiger partial charge >= 0.3 is 6.03 Å². The molecule has 0 aliphatic carbocycles. The first kappa shape index (κ1) is 10.9. The minimum absolute atomic E-state index is 0.313. The van der Waals surface area contributed by atoms with Crippen LogP contribution in [0.2, 0.25) is 0 Å². The number of primary amides is 1. The van der Waals surface area contributed by atoms with E-state index in [1.54, 1.807) is 4.90 Å². The Kier molecular flexibility index (Phi) is 4.27. The van der Waals surface area contributed by atoms with Gasteiger partial charge in [-0.15, -0.1) is 12.3 Å². The second-order valence-corrected chi connectivity index (χ2v) is 3.51. The molecule has 0 aromatic heterocycles. The molecule has 3 N–H and O–H groups in total. The summed E-state index contributed by atoms with van der Waals surface area (Å²) in [7, 11) is 0. The molecule has 2 amide bonds. The molecule has 0 unspecified atom stereocenters. The summed E-state index contributed by atoms with van der Waals surface area (Å²) in [5, 5.41) is 3.36. The van der Waals surface area contributed by atoms with Gasteiger partial charge in [0.15, 0.2) is 0 Å². The summed E-state index contributed by atoms with van der Waals surface area (Å²) in [5.41, 5.74) is 5.17. The van der Waals surface area contributed by atoms with Crippen molar-refractivity contribution >= 4 is 6.03 Å². The number of hydrogen-bond acceptors (Lipinski definition) is 2. The summed E-state index contributed by atoms with van der Waals surface area (Å²) in [6.07, 6.45) is 7.84. The number of carbonyl (C=O) groups excluding carboxylic acids is 1. The molecule has 4 heteroatoms. The molecule has 1 saturated heterocycles. The number of nitrogens with one attached hydrogen (secondary N) is 1. The van der Waals surface area contributed by atoms with Crippen molar-refractivity contribution in [3.8, 4) is 12.3 Å². The molecule has 78 valence electrons. The molecule has 1 fully saturated rings. The lowest BCUT2D eigenvalue weighted by Gasteiger charge is -2.31. The summed E-state index contributed by atoms with van der Waals surface area (Å²) in [6.45, 7) is 2.36. The van der Waals surface area contributed by atoms with E-state index in [0.717, 1.165) is 38.9 Å². The number of nitrogens with zero attached hydrogens (tertiary/aromatic N) is 1. The lowest BCUT2D eigenvalue weighted by Crippen LogP contribution is -2.46. The van der Waals surface area contributed by atoms with Crippen molar-refractivity contribution in [1.29, 1.82) is 0 Å². The Bertz CT molecular complexity index is 226. The molecular formula is C10H17N3O. The van der Waals surface area contributed by atoms with E-state index < -0.39 is 0 Å². The molecule has 0 spiro atoms. The minimum Gasteiger partial charge on any atom is -0.351 e. The maximum Gasteiger partial charge on any atom is 0.314 e. The number of piperidine rings is 1. The number of amides is 2. The monoisotopic (exact) mass is 195 g/mol. The van der Waals surface area contributed by atoms with E-state index in [2.05, 4.69) is 11.2 Å². The van der Waals surface area contributed by atoms with E-state index in [1.165, 1.54) is 0 Å². The van der Waals surface area contributed by atoms with Crippen LogP contribution in [0.3, 0.4) is 0 Å². The van der Waals surface area contributed by atoms with Crippen LogP contribution in [0.15, 0.2) is 0 Å². The minimum atomic E-state index is -0.313. The van der Waals surface area contributed by atoms with Crippen molar-refractivity contribution in [3.05, 3.63) is 0 Å². The third kappa shape index (κ3) is 3.27. The quantitative estimate of drug-likeness (QED) is 0.497. The molecule has 14 heavy (non-hydrogen) atoms. The number of hydrogen-bond donors (Lipinski definition) is 2. The van der Waals surface area contributed by atoms with Gasteiger partial charge in [0.2, 0.25) is 0 Å². The summed E-state index contributed by atoms with van der Waals surface area (Å²) in [6, 6.07) is 0.172. The predicted octanol–water partition coefficient (Wildman–Crippen LogP) is 0.142.